The molecular weight excluding hydrogens is 564 g/mol. The number of ether oxygens (including phenoxy) is 2. The molecule has 228 valence electrons. The van der Waals surface area contributed by atoms with E-state index in [9.17, 15) is 28.9 Å². The number of piperidine rings is 1. The Labute approximate surface area is 246 Å². The zero-order valence-corrected chi connectivity index (χ0v) is 23.6. The highest BCUT2D eigenvalue weighted by Crippen LogP contribution is 2.29. The van der Waals surface area contributed by atoms with Gasteiger partial charge in [0.25, 0.3) is 0 Å². The highest BCUT2D eigenvalue weighted by Gasteiger charge is 2.29. The summed E-state index contributed by atoms with van der Waals surface area (Å²) in [6.07, 6.45) is 2.21. The van der Waals surface area contributed by atoms with Crippen molar-refractivity contribution in [1.82, 2.24) is 24.4 Å². The van der Waals surface area contributed by atoms with Gasteiger partial charge in [0.2, 0.25) is 5.88 Å². The predicted octanol–water partition coefficient (Wildman–Crippen LogP) is 3.73. The van der Waals surface area contributed by atoms with Gasteiger partial charge in [-0.25, -0.2) is 23.5 Å². The number of carboxylic acid groups (broad SMARTS) is 1. The lowest BCUT2D eigenvalue weighted by Gasteiger charge is -2.35. The first-order valence-corrected chi connectivity index (χ1v) is 14.0. The molecule has 1 fully saturated rings. The first kappa shape index (κ1) is 30.3. The van der Waals surface area contributed by atoms with Crippen LogP contribution in [0.15, 0.2) is 48.7 Å². The minimum atomic E-state index is -1.05. The maximum Gasteiger partial charge on any atom is 0.335 e. The van der Waals surface area contributed by atoms with Gasteiger partial charge in [0.05, 0.1) is 35.3 Å². The summed E-state index contributed by atoms with van der Waals surface area (Å²) in [5.41, 5.74) is 1.37. The van der Waals surface area contributed by atoms with Crippen LogP contribution in [0.1, 0.15) is 54.2 Å². The molecule has 0 aliphatic carbocycles. The number of rotatable bonds is 12. The number of aliphatic hydroxyl groups excluding tert-OH is 2. The molecule has 0 bridgehead atoms. The molecule has 2 atom stereocenters. The van der Waals surface area contributed by atoms with Crippen LogP contribution in [0.5, 0.6) is 11.6 Å². The van der Waals surface area contributed by atoms with E-state index in [1.165, 1.54) is 18.3 Å². The number of benzene rings is 2. The van der Waals surface area contributed by atoms with Gasteiger partial charge < -0.3 is 29.4 Å². The fraction of sp³-hybridized carbons (Fsp3) is 0.400. The van der Waals surface area contributed by atoms with E-state index in [0.717, 1.165) is 12.1 Å². The molecule has 1 aliphatic heterocycles. The van der Waals surface area contributed by atoms with Gasteiger partial charge in [-0.15, -0.1) is 0 Å². The average Bonchev–Trinajstić information content (AvgIpc) is 3.34. The minimum Gasteiger partial charge on any atom is -0.483 e. The first-order chi connectivity index (χ1) is 20.7. The normalized spacial score (nSPS) is 15.8. The van der Waals surface area contributed by atoms with E-state index in [0.29, 0.717) is 54.5 Å². The van der Waals surface area contributed by atoms with Crippen molar-refractivity contribution in [3.8, 4) is 11.6 Å². The average molecular weight is 598 g/mol. The molecule has 43 heavy (non-hydrogen) atoms. The molecule has 1 aliphatic rings. The van der Waals surface area contributed by atoms with Crippen LogP contribution < -0.4 is 9.47 Å². The molecule has 13 heteroatoms. The number of likely N-dealkylation sites (tertiary alicyclic amines) is 1. The molecule has 0 unspecified atom stereocenters. The van der Waals surface area contributed by atoms with Crippen LogP contribution in [0.4, 0.5) is 8.78 Å². The third kappa shape index (κ3) is 7.24. The van der Waals surface area contributed by atoms with E-state index in [2.05, 4.69) is 14.9 Å². The summed E-state index contributed by atoms with van der Waals surface area (Å²) < 4.78 is 40.4. The number of hydrogen-bond donors (Lipinski definition) is 3. The summed E-state index contributed by atoms with van der Waals surface area (Å²) in [6.45, 7) is 3.31. The van der Waals surface area contributed by atoms with E-state index in [1.807, 2.05) is 11.5 Å². The number of aromatic nitrogens is 4. The lowest BCUT2D eigenvalue weighted by Crippen LogP contribution is -2.40. The van der Waals surface area contributed by atoms with Crippen molar-refractivity contribution in [3.63, 3.8) is 0 Å². The number of aromatic carboxylic acids is 1. The maximum absolute atomic E-state index is 13.9. The Bertz CT molecular complexity index is 1580. The molecule has 11 nitrogen and oxygen atoms in total. The van der Waals surface area contributed by atoms with Gasteiger partial charge in [-0.3, -0.25) is 4.90 Å². The number of hydrogen-bond acceptors (Lipinski definition) is 9. The predicted molar refractivity (Wildman–Crippen MR) is 151 cm³/mol. The Kier molecular flexibility index (Phi) is 9.43. The molecule has 3 heterocycles. The van der Waals surface area contributed by atoms with Crippen molar-refractivity contribution in [2.24, 2.45) is 0 Å². The van der Waals surface area contributed by atoms with Gasteiger partial charge in [-0.05, 0) is 56.5 Å². The number of imidazole rings is 1. The Morgan fingerprint density at radius 3 is 2.63 bits per heavy atom. The molecule has 2 aromatic carbocycles. The second-order valence-corrected chi connectivity index (χ2v) is 10.5. The number of aliphatic hydroxyl groups is 2. The summed E-state index contributed by atoms with van der Waals surface area (Å²) in [7, 11) is 0. The monoisotopic (exact) mass is 597 g/mol. The Morgan fingerprint density at radius 2 is 1.91 bits per heavy atom. The quantitative estimate of drug-likeness (QED) is 0.221. The van der Waals surface area contributed by atoms with E-state index < -0.39 is 23.7 Å². The second-order valence-electron chi connectivity index (χ2n) is 10.5. The summed E-state index contributed by atoms with van der Waals surface area (Å²) in [6, 6.07) is 9.30. The molecule has 4 aromatic rings. The highest BCUT2D eigenvalue weighted by molar-refractivity contribution is 5.92. The van der Waals surface area contributed by atoms with E-state index in [4.69, 9.17) is 14.5 Å². The van der Waals surface area contributed by atoms with Crippen molar-refractivity contribution >= 4 is 17.0 Å². The first-order valence-electron chi connectivity index (χ1n) is 14.0. The van der Waals surface area contributed by atoms with Crippen LogP contribution in [0.25, 0.3) is 11.0 Å². The summed E-state index contributed by atoms with van der Waals surface area (Å²) in [5.74, 6) is -1.29. The van der Waals surface area contributed by atoms with Crippen LogP contribution in [0, 0.1) is 11.6 Å². The minimum absolute atomic E-state index is 0.100. The molecular formula is C30H33F2N5O6. The zero-order chi connectivity index (χ0) is 30.5. The number of carbonyl (C=O) groups is 1. The maximum atomic E-state index is 13.9. The summed E-state index contributed by atoms with van der Waals surface area (Å²) in [5, 5.41) is 29.3. The number of carboxylic acids is 1. The Morgan fingerprint density at radius 1 is 1.12 bits per heavy atom. The number of halogens is 2. The van der Waals surface area contributed by atoms with Crippen molar-refractivity contribution in [3.05, 3.63) is 77.5 Å². The molecule has 0 radical (unpaired) electrons. The molecule has 0 saturated carbocycles. The SMILES string of the molecule is C[C@@H](c1nc2ccc(C(=O)O)cc2n1C[C@@H](O)CCO)N1CCC(Oc2ccnc(COc3ccc(F)cc3F)n2)CC1. The lowest BCUT2D eigenvalue weighted by atomic mass is 10.1. The number of fused-ring (bicyclic) bond motifs is 1. The van der Waals surface area contributed by atoms with Crippen LogP contribution >= 0.6 is 0 Å². The second kappa shape index (κ2) is 13.4. The van der Waals surface area contributed by atoms with E-state index in [1.54, 1.807) is 18.2 Å². The fourth-order valence-electron chi connectivity index (χ4n) is 5.20. The van der Waals surface area contributed by atoms with Gasteiger partial charge in [0.15, 0.2) is 17.4 Å². The van der Waals surface area contributed by atoms with Crippen molar-refractivity contribution < 1.29 is 38.4 Å². The van der Waals surface area contributed by atoms with E-state index in [-0.39, 0.29) is 49.6 Å². The van der Waals surface area contributed by atoms with Crippen LogP contribution in [0.2, 0.25) is 0 Å². The van der Waals surface area contributed by atoms with Crippen LogP contribution in [-0.2, 0) is 13.2 Å². The van der Waals surface area contributed by atoms with Gasteiger partial charge in [0.1, 0.15) is 24.4 Å². The topological polar surface area (TPSA) is 143 Å². The van der Waals surface area contributed by atoms with Gasteiger partial charge >= 0.3 is 5.97 Å². The molecule has 0 spiro atoms. The highest BCUT2D eigenvalue weighted by atomic mass is 19.1. The zero-order valence-electron chi connectivity index (χ0n) is 23.6. The van der Waals surface area contributed by atoms with Gasteiger partial charge in [-0.1, -0.05) is 0 Å². The summed E-state index contributed by atoms with van der Waals surface area (Å²) >= 11 is 0. The largest absolute Gasteiger partial charge is 0.483 e. The van der Waals surface area contributed by atoms with Gasteiger partial charge in [0, 0.05) is 38.0 Å². The van der Waals surface area contributed by atoms with E-state index >= 15 is 0 Å². The molecule has 3 N–H and O–H groups in total. The molecule has 2 aromatic heterocycles. The van der Waals surface area contributed by atoms with Crippen molar-refractivity contribution in [2.45, 2.75) is 57.6 Å². The standard InChI is InChI=1S/C30H33F2N5O6/c1-18(29-34-24-4-2-19(30(40)41)14-25(24)37(29)16-21(39)9-13-38)36-11-7-22(8-12-36)43-28-6-10-33-27(35-28)17-42-26-5-3-20(31)15-23(26)32/h2-6,10,14-15,18,21-22,38-39H,7-9,11-13,16-17H2,1H3,(H,40,41)/t18-,21-/m0/s1. The van der Waals surface area contributed by atoms with Crippen molar-refractivity contribution in [1.29, 1.82) is 0 Å². The smallest absolute Gasteiger partial charge is 0.335 e. The van der Waals surface area contributed by atoms with Crippen LogP contribution in [0.3, 0.4) is 0 Å². The molecule has 5 rings (SSSR count). The van der Waals surface area contributed by atoms with Crippen LogP contribution in [-0.4, -0.2) is 77.6 Å². The molecule has 0 amide bonds. The van der Waals surface area contributed by atoms with Crippen molar-refractivity contribution in [2.75, 3.05) is 19.7 Å². The lowest BCUT2D eigenvalue weighted by molar-refractivity contribution is 0.0696. The summed E-state index contributed by atoms with van der Waals surface area (Å²) in [4.78, 5) is 27.2. The van der Waals surface area contributed by atoms with Gasteiger partial charge in [-0.2, -0.15) is 4.98 Å². The Balaban J connectivity index is 1.23. The number of nitrogens with zero attached hydrogens (tertiary/aromatic N) is 5. The Hall–Kier alpha value is -4.20. The fourth-order valence-corrected chi connectivity index (χ4v) is 5.20. The third-order valence-corrected chi connectivity index (χ3v) is 7.50. The third-order valence-electron chi connectivity index (χ3n) is 7.50. The molecule has 1 saturated heterocycles.